The van der Waals surface area contributed by atoms with Crippen molar-refractivity contribution in [3.05, 3.63) is 24.3 Å². The lowest BCUT2D eigenvalue weighted by atomic mass is 10.1. The van der Waals surface area contributed by atoms with Gasteiger partial charge in [0.2, 0.25) is 0 Å². The Balaban J connectivity index is 1.95. The molecule has 2 rings (SSSR count). The summed E-state index contributed by atoms with van der Waals surface area (Å²) in [5.41, 5.74) is 1.18. The molecule has 1 N–H and O–H groups in total. The van der Waals surface area contributed by atoms with Gasteiger partial charge in [-0.25, -0.2) is 0 Å². The van der Waals surface area contributed by atoms with Gasteiger partial charge in [0.1, 0.15) is 0 Å². The lowest BCUT2D eigenvalue weighted by Crippen LogP contribution is -2.29. The van der Waals surface area contributed by atoms with Gasteiger partial charge in [-0.2, -0.15) is 0 Å². The van der Waals surface area contributed by atoms with E-state index in [2.05, 4.69) is 35.8 Å². The van der Waals surface area contributed by atoms with Crippen molar-refractivity contribution in [2.24, 2.45) is 0 Å². The predicted molar refractivity (Wildman–Crippen MR) is 72.7 cm³/mol. The predicted octanol–water partition coefficient (Wildman–Crippen LogP) is 2.73. The van der Waals surface area contributed by atoms with Crippen LogP contribution in [0.3, 0.4) is 0 Å². The molecular formula is C12H17NOS2. The van der Waals surface area contributed by atoms with Crippen molar-refractivity contribution in [2.45, 2.75) is 23.8 Å². The van der Waals surface area contributed by atoms with Crippen LogP contribution >= 0.6 is 11.8 Å². The number of thioether (sulfide) groups is 1. The van der Waals surface area contributed by atoms with Gasteiger partial charge in [-0.3, -0.25) is 4.21 Å². The number of hydrogen-bond acceptors (Lipinski definition) is 3. The molecule has 1 saturated heterocycles. The van der Waals surface area contributed by atoms with Crippen LogP contribution in [-0.4, -0.2) is 28.0 Å². The van der Waals surface area contributed by atoms with E-state index in [4.69, 9.17) is 0 Å². The van der Waals surface area contributed by atoms with Crippen LogP contribution in [0.25, 0.3) is 0 Å². The van der Waals surface area contributed by atoms with Gasteiger partial charge in [0.05, 0.1) is 0 Å². The zero-order valence-corrected chi connectivity index (χ0v) is 11.1. The summed E-state index contributed by atoms with van der Waals surface area (Å²) in [4.78, 5) is 1.28. The highest BCUT2D eigenvalue weighted by molar-refractivity contribution is 7.98. The molecule has 1 aliphatic heterocycles. The zero-order chi connectivity index (χ0) is 11.4. The maximum atomic E-state index is 11.2. The third kappa shape index (κ3) is 3.25. The molecule has 0 bridgehead atoms. The van der Waals surface area contributed by atoms with Gasteiger partial charge in [0.25, 0.3) is 0 Å². The molecule has 0 saturated carbocycles. The van der Waals surface area contributed by atoms with Crippen molar-refractivity contribution in [1.82, 2.24) is 0 Å². The molecule has 0 radical (unpaired) electrons. The van der Waals surface area contributed by atoms with E-state index in [0.717, 1.165) is 24.3 Å². The van der Waals surface area contributed by atoms with E-state index in [1.54, 1.807) is 11.8 Å². The topological polar surface area (TPSA) is 29.1 Å². The molecule has 4 heteroatoms. The number of nitrogens with one attached hydrogen (secondary N) is 1. The van der Waals surface area contributed by atoms with E-state index < -0.39 is 10.8 Å². The minimum Gasteiger partial charge on any atom is -0.382 e. The Morgan fingerprint density at radius 2 is 2.12 bits per heavy atom. The lowest BCUT2D eigenvalue weighted by molar-refractivity contribution is 0.624. The van der Waals surface area contributed by atoms with Crippen molar-refractivity contribution < 1.29 is 4.21 Å². The molecule has 1 heterocycles. The molecular weight excluding hydrogens is 238 g/mol. The monoisotopic (exact) mass is 255 g/mol. The van der Waals surface area contributed by atoms with E-state index in [0.29, 0.717) is 6.04 Å². The Morgan fingerprint density at radius 1 is 1.38 bits per heavy atom. The molecule has 1 aliphatic rings. The lowest BCUT2D eigenvalue weighted by Gasteiger charge is -2.23. The Kier molecular flexibility index (Phi) is 4.29. The quantitative estimate of drug-likeness (QED) is 0.842. The summed E-state index contributed by atoms with van der Waals surface area (Å²) >= 11 is 1.76. The van der Waals surface area contributed by atoms with E-state index in [-0.39, 0.29) is 0 Å². The van der Waals surface area contributed by atoms with Gasteiger partial charge in [-0.05, 0) is 37.3 Å². The number of benzene rings is 1. The first kappa shape index (κ1) is 12.0. The zero-order valence-electron chi connectivity index (χ0n) is 9.44. The third-order valence-electron chi connectivity index (χ3n) is 2.83. The number of anilines is 1. The fraction of sp³-hybridized carbons (Fsp3) is 0.500. The van der Waals surface area contributed by atoms with Crippen LogP contribution in [0, 0.1) is 0 Å². The highest BCUT2D eigenvalue weighted by Crippen LogP contribution is 2.21. The molecule has 0 atom stereocenters. The summed E-state index contributed by atoms with van der Waals surface area (Å²) in [6.07, 6.45) is 4.13. The molecule has 2 nitrogen and oxygen atoms in total. The summed E-state index contributed by atoms with van der Waals surface area (Å²) in [6, 6.07) is 8.97. The Morgan fingerprint density at radius 3 is 2.81 bits per heavy atom. The molecule has 88 valence electrons. The molecule has 0 aromatic heterocycles. The largest absolute Gasteiger partial charge is 0.382 e. The first-order valence-electron chi connectivity index (χ1n) is 5.53. The van der Waals surface area contributed by atoms with Gasteiger partial charge in [0.15, 0.2) is 0 Å². The first-order chi connectivity index (χ1) is 7.78. The van der Waals surface area contributed by atoms with Crippen LogP contribution < -0.4 is 5.32 Å². The molecule has 0 aliphatic carbocycles. The van der Waals surface area contributed by atoms with Crippen LogP contribution in [0.15, 0.2) is 29.2 Å². The van der Waals surface area contributed by atoms with Crippen molar-refractivity contribution in [1.29, 1.82) is 0 Å². The fourth-order valence-electron chi connectivity index (χ4n) is 1.89. The van der Waals surface area contributed by atoms with Gasteiger partial charge < -0.3 is 5.32 Å². The standard InChI is InChI=1S/C12H17NOS2/c1-15-12-4-2-3-11(9-12)13-10-5-7-16(14)8-6-10/h2-4,9-10,13H,5-8H2,1H3. The maximum Gasteiger partial charge on any atom is 0.0353 e. The highest BCUT2D eigenvalue weighted by atomic mass is 32.2. The third-order valence-corrected chi connectivity index (χ3v) is 4.94. The summed E-state index contributed by atoms with van der Waals surface area (Å²) in [5.74, 6) is 1.69. The van der Waals surface area contributed by atoms with Crippen molar-refractivity contribution in [3.63, 3.8) is 0 Å². The Bertz CT molecular complexity index is 371. The van der Waals surface area contributed by atoms with Crippen LogP contribution in [0.1, 0.15) is 12.8 Å². The summed E-state index contributed by atoms with van der Waals surface area (Å²) in [5, 5.41) is 3.53. The van der Waals surface area contributed by atoms with Crippen molar-refractivity contribution in [3.8, 4) is 0 Å². The second-order valence-corrected chi connectivity index (χ2v) is 6.57. The van der Waals surface area contributed by atoms with E-state index in [1.165, 1.54) is 10.6 Å². The molecule has 0 unspecified atom stereocenters. The molecule has 1 fully saturated rings. The van der Waals surface area contributed by atoms with Gasteiger partial charge in [-0.1, -0.05) is 6.07 Å². The Labute approximate surface area is 104 Å². The van der Waals surface area contributed by atoms with Crippen molar-refractivity contribution in [2.75, 3.05) is 23.1 Å². The van der Waals surface area contributed by atoms with E-state index in [9.17, 15) is 4.21 Å². The SMILES string of the molecule is CSc1cccc(NC2CCS(=O)CC2)c1. The average Bonchev–Trinajstić information content (AvgIpc) is 2.32. The minimum absolute atomic E-state index is 0.495. The summed E-state index contributed by atoms with van der Waals surface area (Å²) in [6.45, 7) is 0. The molecule has 1 aromatic carbocycles. The summed E-state index contributed by atoms with van der Waals surface area (Å²) < 4.78 is 11.2. The first-order valence-corrected chi connectivity index (χ1v) is 8.25. The molecule has 16 heavy (non-hydrogen) atoms. The van der Waals surface area contributed by atoms with Crippen LogP contribution in [-0.2, 0) is 10.8 Å². The number of hydrogen-bond donors (Lipinski definition) is 1. The molecule has 0 amide bonds. The summed E-state index contributed by atoms with van der Waals surface area (Å²) in [7, 11) is -0.569. The van der Waals surface area contributed by atoms with Gasteiger partial charge >= 0.3 is 0 Å². The van der Waals surface area contributed by atoms with Crippen molar-refractivity contribution >= 4 is 28.2 Å². The van der Waals surface area contributed by atoms with Crippen LogP contribution in [0.5, 0.6) is 0 Å². The second kappa shape index (κ2) is 5.73. The van der Waals surface area contributed by atoms with Gasteiger partial charge in [-0.15, -0.1) is 11.8 Å². The van der Waals surface area contributed by atoms with E-state index in [1.807, 2.05) is 0 Å². The van der Waals surface area contributed by atoms with Gasteiger partial charge in [0, 0.05) is 38.9 Å². The Hall–Kier alpha value is -0.480. The van der Waals surface area contributed by atoms with E-state index >= 15 is 0 Å². The fourth-order valence-corrected chi connectivity index (χ4v) is 3.65. The highest BCUT2D eigenvalue weighted by Gasteiger charge is 2.17. The van der Waals surface area contributed by atoms with Crippen LogP contribution in [0.2, 0.25) is 0 Å². The maximum absolute atomic E-state index is 11.2. The molecule has 1 aromatic rings. The minimum atomic E-state index is -0.569. The number of rotatable bonds is 3. The molecule has 0 spiro atoms. The average molecular weight is 255 g/mol. The smallest absolute Gasteiger partial charge is 0.0353 e. The normalized spacial score (nSPS) is 25.3. The second-order valence-electron chi connectivity index (χ2n) is 4.00. The van der Waals surface area contributed by atoms with Crippen LogP contribution in [0.4, 0.5) is 5.69 Å².